The van der Waals surface area contributed by atoms with Gasteiger partial charge in [0, 0.05) is 37.6 Å². The van der Waals surface area contributed by atoms with Gasteiger partial charge in [0.2, 0.25) is 5.91 Å². The van der Waals surface area contributed by atoms with Gasteiger partial charge < -0.3 is 20.1 Å². The molecule has 24 heavy (non-hydrogen) atoms. The van der Waals surface area contributed by atoms with Crippen molar-refractivity contribution in [3.8, 4) is 5.75 Å². The zero-order valence-corrected chi connectivity index (χ0v) is 15.5. The SMILES string of the molecule is CCOc1ccccc1CN(C)C(=O)C1(N)CC(OCC)C1(C)C. The number of amides is 1. The van der Waals surface area contributed by atoms with Crippen LogP contribution in [0.5, 0.6) is 5.75 Å². The summed E-state index contributed by atoms with van der Waals surface area (Å²) >= 11 is 0. The number of carbonyl (C=O) groups is 1. The Bertz CT molecular complexity index is 588. The lowest BCUT2D eigenvalue weighted by molar-refractivity contribution is -0.178. The number of hydrogen-bond acceptors (Lipinski definition) is 4. The largest absolute Gasteiger partial charge is 0.494 e. The molecule has 1 aromatic carbocycles. The van der Waals surface area contributed by atoms with Crippen LogP contribution in [0.3, 0.4) is 0 Å². The summed E-state index contributed by atoms with van der Waals surface area (Å²) in [5.41, 5.74) is 6.21. The van der Waals surface area contributed by atoms with Gasteiger partial charge >= 0.3 is 0 Å². The quantitative estimate of drug-likeness (QED) is 0.832. The van der Waals surface area contributed by atoms with Gasteiger partial charge in [-0.15, -0.1) is 0 Å². The van der Waals surface area contributed by atoms with E-state index in [0.717, 1.165) is 11.3 Å². The number of hydrogen-bond donors (Lipinski definition) is 1. The van der Waals surface area contributed by atoms with E-state index in [1.165, 1.54) is 0 Å². The third-order valence-corrected chi connectivity index (χ3v) is 5.24. The first kappa shape index (κ1) is 18.7. The van der Waals surface area contributed by atoms with Crippen LogP contribution in [0, 0.1) is 5.41 Å². The molecule has 0 saturated heterocycles. The minimum atomic E-state index is -0.887. The number of likely N-dealkylation sites (N-methyl/N-ethyl adjacent to an activating group) is 1. The average Bonchev–Trinajstić information content (AvgIpc) is 2.55. The lowest BCUT2D eigenvalue weighted by Crippen LogP contribution is -2.75. The zero-order valence-electron chi connectivity index (χ0n) is 15.5. The molecule has 1 saturated carbocycles. The molecule has 1 aromatic rings. The van der Waals surface area contributed by atoms with Crippen LogP contribution in [0.25, 0.3) is 0 Å². The summed E-state index contributed by atoms with van der Waals surface area (Å²) in [4.78, 5) is 14.7. The normalized spacial score (nSPS) is 25.0. The van der Waals surface area contributed by atoms with Crippen molar-refractivity contribution in [1.29, 1.82) is 0 Å². The Hall–Kier alpha value is -1.59. The standard InChI is InChI=1S/C19H30N2O3/c1-6-23-15-11-9-8-10-14(15)13-21(5)17(22)19(20)12-16(24-7-2)18(19,3)4/h8-11,16H,6-7,12-13,20H2,1-5H3. The van der Waals surface area contributed by atoms with Gasteiger partial charge in [-0.25, -0.2) is 0 Å². The molecular formula is C19H30N2O3. The van der Waals surface area contributed by atoms with Crippen LogP contribution >= 0.6 is 0 Å². The van der Waals surface area contributed by atoms with Gasteiger partial charge in [0.05, 0.1) is 12.7 Å². The number of ether oxygens (including phenoxy) is 2. The van der Waals surface area contributed by atoms with Gasteiger partial charge in [-0.2, -0.15) is 0 Å². The highest BCUT2D eigenvalue weighted by Gasteiger charge is 2.63. The summed E-state index contributed by atoms with van der Waals surface area (Å²) in [6, 6.07) is 7.79. The van der Waals surface area contributed by atoms with Gasteiger partial charge in [0.15, 0.2) is 0 Å². The van der Waals surface area contributed by atoms with Crippen molar-refractivity contribution < 1.29 is 14.3 Å². The number of para-hydroxylation sites is 1. The fourth-order valence-corrected chi connectivity index (χ4v) is 3.40. The summed E-state index contributed by atoms with van der Waals surface area (Å²) in [5, 5.41) is 0. The van der Waals surface area contributed by atoms with Crippen LogP contribution in [0.15, 0.2) is 24.3 Å². The van der Waals surface area contributed by atoms with E-state index in [2.05, 4.69) is 0 Å². The first-order chi connectivity index (χ1) is 11.3. The molecule has 1 amide bonds. The summed E-state index contributed by atoms with van der Waals surface area (Å²) in [5.74, 6) is 0.764. The number of carbonyl (C=O) groups excluding carboxylic acids is 1. The smallest absolute Gasteiger partial charge is 0.243 e. The topological polar surface area (TPSA) is 64.8 Å². The highest BCUT2D eigenvalue weighted by atomic mass is 16.5. The molecule has 5 heteroatoms. The zero-order chi connectivity index (χ0) is 18.0. The van der Waals surface area contributed by atoms with E-state index in [4.69, 9.17) is 15.2 Å². The van der Waals surface area contributed by atoms with E-state index in [-0.39, 0.29) is 17.4 Å². The highest BCUT2D eigenvalue weighted by Crippen LogP contribution is 2.50. The Morgan fingerprint density at radius 3 is 2.54 bits per heavy atom. The van der Waals surface area contributed by atoms with E-state index in [1.807, 2.05) is 52.0 Å². The Morgan fingerprint density at radius 1 is 1.29 bits per heavy atom. The molecule has 0 spiro atoms. The molecule has 2 rings (SSSR count). The number of nitrogens with two attached hydrogens (primary N) is 1. The molecule has 2 atom stereocenters. The second-order valence-electron chi connectivity index (χ2n) is 7.04. The van der Waals surface area contributed by atoms with Crippen molar-refractivity contribution in [1.82, 2.24) is 4.90 Å². The van der Waals surface area contributed by atoms with Crippen LogP contribution in [-0.4, -0.2) is 42.7 Å². The Morgan fingerprint density at radius 2 is 1.96 bits per heavy atom. The van der Waals surface area contributed by atoms with Gasteiger partial charge in [-0.05, 0) is 19.9 Å². The van der Waals surface area contributed by atoms with Crippen molar-refractivity contribution in [2.24, 2.45) is 11.1 Å². The van der Waals surface area contributed by atoms with Gasteiger partial charge in [-0.3, -0.25) is 4.79 Å². The van der Waals surface area contributed by atoms with Crippen LogP contribution in [-0.2, 0) is 16.1 Å². The average molecular weight is 334 g/mol. The minimum Gasteiger partial charge on any atom is -0.494 e. The lowest BCUT2D eigenvalue weighted by atomic mass is 9.54. The van der Waals surface area contributed by atoms with Crippen molar-refractivity contribution in [3.05, 3.63) is 29.8 Å². The van der Waals surface area contributed by atoms with Crippen LogP contribution in [0.1, 0.15) is 39.7 Å². The molecule has 2 N–H and O–H groups in total. The van der Waals surface area contributed by atoms with E-state index >= 15 is 0 Å². The van der Waals surface area contributed by atoms with Crippen LogP contribution in [0.4, 0.5) is 0 Å². The maximum atomic E-state index is 13.0. The predicted octanol–water partition coefficient (Wildman–Crippen LogP) is 2.58. The monoisotopic (exact) mass is 334 g/mol. The van der Waals surface area contributed by atoms with Gasteiger partial charge in [0.1, 0.15) is 11.3 Å². The van der Waals surface area contributed by atoms with Gasteiger partial charge in [0.25, 0.3) is 0 Å². The minimum absolute atomic E-state index is 0.0283. The van der Waals surface area contributed by atoms with Crippen molar-refractivity contribution in [2.75, 3.05) is 20.3 Å². The molecule has 0 aromatic heterocycles. The predicted molar refractivity (Wildman–Crippen MR) is 94.8 cm³/mol. The lowest BCUT2D eigenvalue weighted by Gasteiger charge is -2.58. The molecule has 1 fully saturated rings. The van der Waals surface area contributed by atoms with E-state index < -0.39 is 5.54 Å². The Labute approximate surface area is 145 Å². The first-order valence-electron chi connectivity index (χ1n) is 8.64. The van der Waals surface area contributed by atoms with E-state index in [1.54, 1.807) is 11.9 Å². The maximum Gasteiger partial charge on any atom is 0.243 e. The number of nitrogens with zero attached hydrogens (tertiary/aromatic N) is 1. The highest BCUT2D eigenvalue weighted by molar-refractivity contribution is 5.88. The first-order valence-corrected chi connectivity index (χ1v) is 8.64. The molecule has 134 valence electrons. The third kappa shape index (κ3) is 3.15. The van der Waals surface area contributed by atoms with E-state index in [0.29, 0.717) is 26.2 Å². The fourth-order valence-electron chi connectivity index (χ4n) is 3.40. The van der Waals surface area contributed by atoms with Crippen molar-refractivity contribution in [3.63, 3.8) is 0 Å². The van der Waals surface area contributed by atoms with Crippen LogP contribution < -0.4 is 10.5 Å². The number of rotatable bonds is 7. The summed E-state index contributed by atoms with van der Waals surface area (Å²) in [6.45, 7) is 9.64. The Kier molecular flexibility index (Phi) is 5.56. The Balaban J connectivity index is 2.11. The summed E-state index contributed by atoms with van der Waals surface area (Å²) in [7, 11) is 1.80. The molecule has 1 aliphatic rings. The molecule has 0 heterocycles. The summed E-state index contributed by atoms with van der Waals surface area (Å²) < 4.78 is 11.4. The van der Waals surface area contributed by atoms with Gasteiger partial charge in [-0.1, -0.05) is 32.0 Å². The van der Waals surface area contributed by atoms with Crippen molar-refractivity contribution in [2.45, 2.75) is 52.3 Å². The van der Waals surface area contributed by atoms with Crippen LogP contribution in [0.2, 0.25) is 0 Å². The molecular weight excluding hydrogens is 304 g/mol. The summed E-state index contributed by atoms with van der Waals surface area (Å²) in [6.07, 6.45) is 0.588. The maximum absolute atomic E-state index is 13.0. The third-order valence-electron chi connectivity index (χ3n) is 5.24. The molecule has 0 bridgehead atoms. The molecule has 2 unspecified atom stereocenters. The fraction of sp³-hybridized carbons (Fsp3) is 0.632. The molecule has 1 aliphatic carbocycles. The number of benzene rings is 1. The molecule has 0 aliphatic heterocycles. The van der Waals surface area contributed by atoms with E-state index in [9.17, 15) is 4.79 Å². The second kappa shape index (κ2) is 7.11. The molecule has 5 nitrogen and oxygen atoms in total. The molecule has 0 radical (unpaired) electrons. The second-order valence-corrected chi connectivity index (χ2v) is 7.04. The van der Waals surface area contributed by atoms with Crippen molar-refractivity contribution >= 4 is 5.91 Å².